The lowest BCUT2D eigenvalue weighted by Gasteiger charge is -2.32. The highest BCUT2D eigenvalue weighted by atomic mass is 19.0. The molecule has 0 spiro atoms. The molecule has 2 saturated carbocycles. The number of Topliss-reactive ketones (excluding diaryl/α,β-unsaturated/α-hetero) is 1. The van der Waals surface area contributed by atoms with Gasteiger partial charge in [-0.25, -0.2) is 0 Å². The fourth-order valence-electron chi connectivity index (χ4n) is 2.90. The van der Waals surface area contributed by atoms with Crippen LogP contribution in [0.2, 0.25) is 0 Å². The molecule has 2 atom stereocenters. The number of carbonyl (C=O) groups is 1. The Kier molecular flexibility index (Phi) is 1.86. The Morgan fingerprint density at radius 3 is 2.08 bits per heavy atom. The van der Waals surface area contributed by atoms with Gasteiger partial charge in [0.2, 0.25) is 0 Å². The van der Waals surface area contributed by atoms with Crippen LogP contribution in [0.25, 0.3) is 0 Å². The summed E-state index contributed by atoms with van der Waals surface area (Å²) in [5.74, 6) is 1.19. The second-order valence-electron chi connectivity index (χ2n) is 4.92. The summed E-state index contributed by atoms with van der Waals surface area (Å²) in [7, 11) is 0. The Labute approximate surface area is 72.9 Å². The SMILES string of the molecule is CC12CCC(CC1=O)C2(C)C.F. The predicted octanol–water partition coefficient (Wildman–Crippen LogP) is 2.55. The van der Waals surface area contributed by atoms with Crippen LogP contribution in [0.4, 0.5) is 4.70 Å². The Hall–Kier alpha value is -0.400. The molecule has 12 heavy (non-hydrogen) atoms. The van der Waals surface area contributed by atoms with Gasteiger partial charge in [-0.15, -0.1) is 0 Å². The molecule has 0 aromatic carbocycles. The van der Waals surface area contributed by atoms with E-state index in [1.807, 2.05) is 0 Å². The third-order valence-corrected chi connectivity index (χ3v) is 4.48. The quantitative estimate of drug-likeness (QED) is 0.549. The average molecular weight is 172 g/mol. The molecular formula is C10H17FO. The van der Waals surface area contributed by atoms with Crippen LogP contribution in [0.5, 0.6) is 0 Å². The minimum atomic E-state index is 0. The van der Waals surface area contributed by atoms with Crippen LogP contribution >= 0.6 is 0 Å². The molecule has 70 valence electrons. The smallest absolute Gasteiger partial charge is 0.139 e. The number of hydrogen-bond donors (Lipinski definition) is 0. The van der Waals surface area contributed by atoms with E-state index in [9.17, 15) is 4.79 Å². The van der Waals surface area contributed by atoms with Crippen molar-refractivity contribution in [2.24, 2.45) is 16.7 Å². The first-order valence-corrected chi connectivity index (χ1v) is 4.52. The van der Waals surface area contributed by atoms with E-state index in [2.05, 4.69) is 20.8 Å². The fraction of sp³-hybridized carbons (Fsp3) is 0.900. The highest BCUT2D eigenvalue weighted by Gasteiger charge is 2.61. The second kappa shape index (κ2) is 2.30. The summed E-state index contributed by atoms with van der Waals surface area (Å²) in [6.45, 7) is 6.67. The number of halogens is 1. The Morgan fingerprint density at radius 1 is 1.33 bits per heavy atom. The number of hydrogen-bond acceptors (Lipinski definition) is 1. The second-order valence-corrected chi connectivity index (χ2v) is 4.92. The van der Waals surface area contributed by atoms with E-state index in [1.54, 1.807) is 0 Å². The molecule has 1 nitrogen and oxygen atoms in total. The lowest BCUT2D eigenvalue weighted by molar-refractivity contribution is -0.128. The summed E-state index contributed by atoms with van der Waals surface area (Å²) >= 11 is 0. The summed E-state index contributed by atoms with van der Waals surface area (Å²) in [6.07, 6.45) is 3.25. The van der Waals surface area contributed by atoms with Gasteiger partial charge in [0, 0.05) is 11.8 Å². The van der Waals surface area contributed by atoms with Crippen LogP contribution in [0.3, 0.4) is 0 Å². The van der Waals surface area contributed by atoms with Gasteiger partial charge in [0.25, 0.3) is 0 Å². The molecule has 2 aliphatic rings. The lowest BCUT2D eigenvalue weighted by atomic mass is 9.70. The van der Waals surface area contributed by atoms with Crippen molar-refractivity contribution >= 4 is 5.78 Å². The molecule has 0 N–H and O–H groups in total. The Morgan fingerprint density at radius 2 is 1.92 bits per heavy atom. The zero-order valence-corrected chi connectivity index (χ0v) is 8.02. The van der Waals surface area contributed by atoms with Crippen molar-refractivity contribution in [1.29, 1.82) is 0 Å². The van der Waals surface area contributed by atoms with Crippen LogP contribution in [0.15, 0.2) is 0 Å². The number of carbonyl (C=O) groups excluding carboxylic acids is 1. The zero-order valence-electron chi connectivity index (χ0n) is 8.02. The molecule has 2 heteroatoms. The molecule has 0 heterocycles. The summed E-state index contributed by atoms with van der Waals surface area (Å²) in [4.78, 5) is 11.6. The van der Waals surface area contributed by atoms with Crippen LogP contribution in [-0.2, 0) is 4.79 Å². The first-order chi connectivity index (χ1) is 4.98. The normalized spacial score (nSPS) is 42.9. The van der Waals surface area contributed by atoms with Crippen molar-refractivity contribution in [3.05, 3.63) is 0 Å². The average Bonchev–Trinajstić information content (AvgIpc) is 2.20. The summed E-state index contributed by atoms with van der Waals surface area (Å²) in [5, 5.41) is 0. The fourth-order valence-corrected chi connectivity index (χ4v) is 2.90. The molecule has 0 aromatic heterocycles. The van der Waals surface area contributed by atoms with Crippen LogP contribution in [0, 0.1) is 16.7 Å². The highest BCUT2D eigenvalue weighted by molar-refractivity contribution is 5.89. The standard InChI is InChI=1S/C10H16O.FH/c1-9(2)7-4-5-10(9,3)8(11)6-7;/h7H,4-6H2,1-3H3;1H. The minimum Gasteiger partial charge on any atom is -0.299 e. The van der Waals surface area contributed by atoms with Gasteiger partial charge in [-0.2, -0.15) is 0 Å². The largest absolute Gasteiger partial charge is 0.299 e. The molecule has 0 aliphatic heterocycles. The molecule has 0 saturated heterocycles. The van der Waals surface area contributed by atoms with Gasteiger partial charge in [0.05, 0.1) is 0 Å². The van der Waals surface area contributed by atoms with E-state index in [0.29, 0.717) is 11.7 Å². The number of rotatable bonds is 0. The van der Waals surface area contributed by atoms with Crippen molar-refractivity contribution in [2.75, 3.05) is 0 Å². The third-order valence-electron chi connectivity index (χ3n) is 4.48. The van der Waals surface area contributed by atoms with Crippen LogP contribution < -0.4 is 0 Å². The van der Waals surface area contributed by atoms with E-state index in [1.165, 1.54) is 6.42 Å². The predicted molar refractivity (Wildman–Crippen MR) is 46.7 cm³/mol. The van der Waals surface area contributed by atoms with E-state index < -0.39 is 0 Å². The zero-order chi connectivity index (χ0) is 8.28. The first-order valence-electron chi connectivity index (χ1n) is 4.52. The van der Waals surface area contributed by atoms with E-state index >= 15 is 0 Å². The van der Waals surface area contributed by atoms with Gasteiger partial charge >= 0.3 is 0 Å². The van der Waals surface area contributed by atoms with Gasteiger partial charge in [-0.05, 0) is 24.2 Å². The van der Waals surface area contributed by atoms with Crippen LogP contribution in [-0.4, -0.2) is 5.78 Å². The minimum absolute atomic E-state index is 0. The monoisotopic (exact) mass is 172 g/mol. The number of fused-ring (bicyclic) bond motifs is 2. The number of ketones is 1. The first kappa shape index (κ1) is 9.69. The summed E-state index contributed by atoms with van der Waals surface area (Å²) < 4.78 is 0. The molecular weight excluding hydrogens is 155 g/mol. The van der Waals surface area contributed by atoms with Gasteiger partial charge in [-0.3, -0.25) is 9.50 Å². The highest BCUT2D eigenvalue weighted by Crippen LogP contribution is 2.63. The van der Waals surface area contributed by atoms with E-state index in [0.717, 1.165) is 12.8 Å². The molecule has 2 unspecified atom stereocenters. The van der Waals surface area contributed by atoms with Crippen LogP contribution in [0.1, 0.15) is 40.0 Å². The Balaban J connectivity index is 0.000000720. The lowest BCUT2D eigenvalue weighted by Crippen LogP contribution is -2.32. The van der Waals surface area contributed by atoms with Gasteiger partial charge in [-0.1, -0.05) is 20.8 Å². The molecule has 0 radical (unpaired) electrons. The summed E-state index contributed by atoms with van der Waals surface area (Å²) in [5.41, 5.74) is 0.307. The molecule has 0 aromatic rings. The van der Waals surface area contributed by atoms with Gasteiger partial charge in [0.1, 0.15) is 5.78 Å². The van der Waals surface area contributed by atoms with Crippen molar-refractivity contribution in [1.82, 2.24) is 0 Å². The maximum atomic E-state index is 11.6. The van der Waals surface area contributed by atoms with Gasteiger partial charge in [0.15, 0.2) is 0 Å². The van der Waals surface area contributed by atoms with Crippen molar-refractivity contribution < 1.29 is 9.50 Å². The molecule has 2 aliphatic carbocycles. The van der Waals surface area contributed by atoms with E-state index in [-0.39, 0.29) is 15.5 Å². The topological polar surface area (TPSA) is 17.1 Å². The molecule has 0 amide bonds. The maximum Gasteiger partial charge on any atom is 0.139 e. The van der Waals surface area contributed by atoms with Crippen molar-refractivity contribution in [3.8, 4) is 0 Å². The van der Waals surface area contributed by atoms with Gasteiger partial charge < -0.3 is 0 Å². The Bertz CT molecular complexity index is 222. The van der Waals surface area contributed by atoms with E-state index in [4.69, 9.17) is 0 Å². The molecule has 2 rings (SSSR count). The molecule has 2 bridgehead atoms. The maximum absolute atomic E-state index is 11.6. The third kappa shape index (κ3) is 0.758. The molecule has 2 fully saturated rings. The van der Waals surface area contributed by atoms with Crippen molar-refractivity contribution in [2.45, 2.75) is 40.0 Å². The van der Waals surface area contributed by atoms with Crippen molar-refractivity contribution in [3.63, 3.8) is 0 Å². The summed E-state index contributed by atoms with van der Waals surface area (Å²) in [6, 6.07) is 0.